The zero-order valence-corrected chi connectivity index (χ0v) is 15.3. The molecule has 1 aliphatic heterocycles. The van der Waals surface area contributed by atoms with Crippen LogP contribution in [0.25, 0.3) is 0 Å². The first-order valence-electron chi connectivity index (χ1n) is 9.87. The summed E-state index contributed by atoms with van der Waals surface area (Å²) in [6.07, 6.45) is 18.2. The molecule has 1 heterocycles. The monoisotopic (exact) mass is 330 g/mol. The summed E-state index contributed by atoms with van der Waals surface area (Å²) in [5.41, 5.74) is 1.40. The average Bonchev–Trinajstić information content (AvgIpc) is 3.43. The van der Waals surface area contributed by atoms with Gasteiger partial charge in [-0.3, -0.25) is 0 Å². The maximum absolute atomic E-state index is 5.66. The minimum absolute atomic E-state index is 0.327. The molecule has 1 unspecified atom stereocenters. The van der Waals surface area contributed by atoms with Crippen molar-refractivity contribution in [3.63, 3.8) is 0 Å². The molecule has 2 heteroatoms. The summed E-state index contributed by atoms with van der Waals surface area (Å²) >= 11 is 0. The Kier molecular flexibility index (Phi) is 9.63. The van der Waals surface area contributed by atoms with E-state index < -0.39 is 0 Å². The molecule has 2 rings (SSSR count). The van der Waals surface area contributed by atoms with Gasteiger partial charge in [-0.25, -0.2) is 0 Å². The zero-order chi connectivity index (χ0) is 16.9. The van der Waals surface area contributed by atoms with Gasteiger partial charge < -0.3 is 9.47 Å². The Balaban J connectivity index is 1.45. The molecule has 0 aliphatic carbocycles. The fourth-order valence-electron chi connectivity index (χ4n) is 2.81. The number of benzene rings is 1. The van der Waals surface area contributed by atoms with E-state index in [9.17, 15) is 0 Å². The number of hydrogen-bond donors (Lipinski definition) is 0. The maximum atomic E-state index is 5.66. The molecule has 0 amide bonds. The lowest BCUT2D eigenvalue weighted by molar-refractivity contribution is 0.263. The molecule has 1 atom stereocenters. The third-order valence-corrected chi connectivity index (χ3v) is 4.49. The van der Waals surface area contributed by atoms with Crippen molar-refractivity contribution in [1.82, 2.24) is 0 Å². The van der Waals surface area contributed by atoms with Gasteiger partial charge in [0.2, 0.25) is 0 Å². The Hall–Kier alpha value is -1.28. The van der Waals surface area contributed by atoms with Crippen LogP contribution >= 0.6 is 0 Å². The van der Waals surface area contributed by atoms with E-state index in [0.717, 1.165) is 18.8 Å². The highest BCUT2D eigenvalue weighted by Crippen LogP contribution is 2.17. The lowest BCUT2D eigenvalue weighted by Crippen LogP contribution is -2.03. The molecule has 0 spiro atoms. The minimum atomic E-state index is 0.327. The minimum Gasteiger partial charge on any atom is -0.491 e. The van der Waals surface area contributed by atoms with Crippen molar-refractivity contribution in [1.29, 1.82) is 0 Å². The largest absolute Gasteiger partial charge is 0.491 e. The van der Waals surface area contributed by atoms with Crippen LogP contribution in [0, 0.1) is 0 Å². The molecule has 134 valence electrons. The molecular formula is C22H34O2. The molecule has 0 aromatic heterocycles. The molecule has 0 radical (unpaired) electrons. The van der Waals surface area contributed by atoms with Crippen LogP contribution in [0.2, 0.25) is 0 Å². The number of aryl methyl sites for hydroxylation is 1. The van der Waals surface area contributed by atoms with Gasteiger partial charge in [-0.05, 0) is 49.8 Å². The van der Waals surface area contributed by atoms with Gasteiger partial charge in [-0.15, -0.1) is 0 Å². The molecular weight excluding hydrogens is 296 g/mol. The van der Waals surface area contributed by atoms with Gasteiger partial charge in [-0.1, -0.05) is 63.3 Å². The molecule has 24 heavy (non-hydrogen) atoms. The van der Waals surface area contributed by atoms with E-state index in [4.69, 9.17) is 9.47 Å². The third kappa shape index (κ3) is 9.12. The van der Waals surface area contributed by atoms with Gasteiger partial charge in [0.15, 0.2) is 0 Å². The van der Waals surface area contributed by atoms with Crippen molar-refractivity contribution < 1.29 is 9.47 Å². The number of rotatable bonds is 14. The molecule has 1 saturated heterocycles. The van der Waals surface area contributed by atoms with Gasteiger partial charge in [0.05, 0.1) is 6.61 Å². The molecule has 2 nitrogen and oxygen atoms in total. The smallest absolute Gasteiger partial charge is 0.119 e. The summed E-state index contributed by atoms with van der Waals surface area (Å²) in [4.78, 5) is 0. The summed E-state index contributed by atoms with van der Waals surface area (Å²) in [6, 6.07) is 8.52. The van der Waals surface area contributed by atoms with Gasteiger partial charge in [0, 0.05) is 0 Å². The second kappa shape index (κ2) is 12.1. The van der Waals surface area contributed by atoms with Crippen LogP contribution in [-0.4, -0.2) is 19.3 Å². The molecule has 1 aromatic carbocycles. The molecule has 1 fully saturated rings. The number of unbranched alkanes of at least 4 members (excludes halogenated alkanes) is 7. The second-order valence-corrected chi connectivity index (χ2v) is 6.83. The summed E-state index contributed by atoms with van der Waals surface area (Å²) in [5.74, 6) is 0.952. The number of allylic oxidation sites excluding steroid dienone is 2. The lowest BCUT2D eigenvalue weighted by Gasteiger charge is -2.05. The van der Waals surface area contributed by atoms with Crippen LogP contribution < -0.4 is 4.74 Å². The van der Waals surface area contributed by atoms with Gasteiger partial charge in [0.25, 0.3) is 0 Å². The van der Waals surface area contributed by atoms with E-state index >= 15 is 0 Å². The van der Waals surface area contributed by atoms with Crippen molar-refractivity contribution in [3.05, 3.63) is 42.0 Å². The topological polar surface area (TPSA) is 21.8 Å². The predicted molar refractivity (Wildman–Crippen MR) is 102 cm³/mol. The van der Waals surface area contributed by atoms with E-state index in [-0.39, 0.29) is 0 Å². The van der Waals surface area contributed by atoms with Crippen molar-refractivity contribution >= 4 is 0 Å². The van der Waals surface area contributed by atoms with Gasteiger partial charge in [0.1, 0.15) is 18.5 Å². The average molecular weight is 331 g/mol. The molecule has 1 aliphatic rings. The Morgan fingerprint density at radius 2 is 1.62 bits per heavy atom. The van der Waals surface area contributed by atoms with Crippen LogP contribution in [0.15, 0.2) is 36.4 Å². The first-order valence-corrected chi connectivity index (χ1v) is 9.87. The quantitative estimate of drug-likeness (QED) is 0.234. The predicted octanol–water partition coefficient (Wildman–Crippen LogP) is 6.09. The van der Waals surface area contributed by atoms with E-state index in [1.807, 2.05) is 0 Å². The van der Waals surface area contributed by atoms with E-state index in [2.05, 4.69) is 43.3 Å². The standard InChI is InChI=1S/C22H34O2/c1-2-3-4-5-6-7-8-9-10-11-12-13-20-14-16-21(17-15-20)23-18-22-19-24-22/h9-10,14-17,22H,2-8,11-13,18-19H2,1H3/b10-9+. The Morgan fingerprint density at radius 3 is 2.33 bits per heavy atom. The summed E-state index contributed by atoms with van der Waals surface area (Å²) in [7, 11) is 0. The summed E-state index contributed by atoms with van der Waals surface area (Å²) < 4.78 is 10.8. The molecule has 1 aromatic rings. The highest BCUT2D eigenvalue weighted by Gasteiger charge is 2.22. The van der Waals surface area contributed by atoms with Crippen molar-refractivity contribution in [2.75, 3.05) is 13.2 Å². The highest BCUT2D eigenvalue weighted by molar-refractivity contribution is 5.27. The maximum Gasteiger partial charge on any atom is 0.119 e. The van der Waals surface area contributed by atoms with Gasteiger partial charge >= 0.3 is 0 Å². The molecule has 0 saturated carbocycles. The summed E-state index contributed by atoms with van der Waals surface area (Å²) in [5, 5.41) is 0. The van der Waals surface area contributed by atoms with Crippen LogP contribution in [0.5, 0.6) is 5.75 Å². The van der Waals surface area contributed by atoms with Crippen LogP contribution in [0.4, 0.5) is 0 Å². The SMILES string of the molecule is CCCCCCCC/C=C/CCCc1ccc(OCC2CO2)cc1. The fourth-order valence-corrected chi connectivity index (χ4v) is 2.81. The van der Waals surface area contributed by atoms with Crippen molar-refractivity contribution in [3.8, 4) is 5.75 Å². The van der Waals surface area contributed by atoms with E-state index in [1.54, 1.807) is 0 Å². The number of ether oxygens (including phenoxy) is 2. The third-order valence-electron chi connectivity index (χ3n) is 4.49. The second-order valence-electron chi connectivity index (χ2n) is 6.83. The summed E-state index contributed by atoms with van der Waals surface area (Å²) in [6.45, 7) is 3.81. The number of epoxide rings is 1. The first kappa shape index (κ1) is 19.1. The molecule has 0 bridgehead atoms. The van der Waals surface area contributed by atoms with Crippen LogP contribution in [0.3, 0.4) is 0 Å². The van der Waals surface area contributed by atoms with Crippen molar-refractivity contribution in [2.45, 2.75) is 77.2 Å². The highest BCUT2D eigenvalue weighted by atomic mass is 16.6. The Bertz CT molecular complexity index is 446. The van der Waals surface area contributed by atoms with E-state index in [1.165, 1.54) is 63.4 Å². The first-order chi connectivity index (χ1) is 11.9. The Labute approximate surface area is 148 Å². The van der Waals surface area contributed by atoms with E-state index in [0.29, 0.717) is 12.7 Å². The fraction of sp³-hybridized carbons (Fsp3) is 0.636. The van der Waals surface area contributed by atoms with Gasteiger partial charge in [-0.2, -0.15) is 0 Å². The Morgan fingerprint density at radius 1 is 0.958 bits per heavy atom. The molecule has 0 N–H and O–H groups in total. The lowest BCUT2D eigenvalue weighted by atomic mass is 10.1. The van der Waals surface area contributed by atoms with Crippen LogP contribution in [0.1, 0.15) is 70.3 Å². The van der Waals surface area contributed by atoms with Crippen LogP contribution in [-0.2, 0) is 11.2 Å². The normalized spacial score (nSPS) is 16.6. The van der Waals surface area contributed by atoms with Crippen molar-refractivity contribution in [2.24, 2.45) is 0 Å². The number of hydrogen-bond acceptors (Lipinski definition) is 2. The zero-order valence-electron chi connectivity index (χ0n) is 15.3.